The number of nitrogens with one attached hydrogen (secondary N) is 2. The zero-order valence-electron chi connectivity index (χ0n) is 10.2. The van der Waals surface area contributed by atoms with Gasteiger partial charge in [-0.05, 0) is 24.4 Å². The molecule has 12 heteroatoms. The summed E-state index contributed by atoms with van der Waals surface area (Å²) >= 11 is 9.02. The van der Waals surface area contributed by atoms with Crippen LogP contribution in [-0.2, 0) is 0 Å². The molecule has 0 heterocycles. The van der Waals surface area contributed by atoms with Crippen molar-refractivity contribution in [3.63, 3.8) is 0 Å². The Hall–Kier alpha value is -1.44. The zero-order valence-corrected chi connectivity index (χ0v) is 11.8. The Labute approximate surface area is 125 Å². The number of aliphatic hydroxyl groups excluding tert-OH is 4. The van der Waals surface area contributed by atoms with Gasteiger partial charge in [0.15, 0.2) is 10.2 Å². The van der Waals surface area contributed by atoms with Crippen molar-refractivity contribution in [2.75, 3.05) is 6.61 Å². The average Bonchev–Trinajstić information content (AvgIpc) is 2.39. The van der Waals surface area contributed by atoms with Crippen LogP contribution in [0, 0.1) is 0 Å². The van der Waals surface area contributed by atoms with E-state index in [0.29, 0.717) is 0 Å². The first-order valence-corrected chi connectivity index (χ1v) is 5.97. The molecule has 0 aromatic heterocycles. The Bertz CT molecular complexity index is 404. The van der Waals surface area contributed by atoms with Gasteiger partial charge in [0.2, 0.25) is 0 Å². The molecule has 0 rings (SSSR count). The molecule has 0 aliphatic rings. The van der Waals surface area contributed by atoms with Crippen molar-refractivity contribution in [2.24, 2.45) is 21.7 Å². The highest BCUT2D eigenvalue weighted by Gasteiger charge is 2.27. The third-order valence-electron chi connectivity index (χ3n) is 1.87. The van der Waals surface area contributed by atoms with Crippen LogP contribution in [0.4, 0.5) is 0 Å². The smallest absolute Gasteiger partial charge is 0.184 e. The van der Waals surface area contributed by atoms with Crippen LogP contribution in [0.3, 0.4) is 0 Å². The molecule has 0 aliphatic heterocycles. The van der Waals surface area contributed by atoms with E-state index in [-0.39, 0.29) is 15.9 Å². The fraction of sp³-hybridized carbons (Fsp3) is 0.500. The van der Waals surface area contributed by atoms with Crippen molar-refractivity contribution >= 4 is 46.6 Å². The topological polar surface area (TPSA) is 182 Å². The summed E-state index contributed by atoms with van der Waals surface area (Å²) in [6.07, 6.45) is -3.97. The van der Waals surface area contributed by atoms with Crippen LogP contribution >= 0.6 is 24.4 Å². The van der Waals surface area contributed by atoms with Crippen LogP contribution in [0.15, 0.2) is 10.2 Å². The van der Waals surface area contributed by atoms with Crippen LogP contribution in [-0.4, -0.2) is 67.5 Å². The Morgan fingerprint density at radius 1 is 1.15 bits per heavy atom. The van der Waals surface area contributed by atoms with Gasteiger partial charge in [-0.25, -0.2) is 0 Å². The van der Waals surface area contributed by atoms with Crippen molar-refractivity contribution in [1.82, 2.24) is 10.9 Å². The lowest BCUT2D eigenvalue weighted by Crippen LogP contribution is -2.45. The highest BCUT2D eigenvalue weighted by atomic mass is 32.1. The summed E-state index contributed by atoms with van der Waals surface area (Å²) in [5.41, 5.74) is 14.4. The number of nitrogens with two attached hydrogens (primary N) is 2. The van der Waals surface area contributed by atoms with E-state index in [1.165, 1.54) is 0 Å². The largest absolute Gasteiger partial charge is 0.394 e. The molecular formula is C8H16N6O4S2. The van der Waals surface area contributed by atoms with Crippen molar-refractivity contribution in [3.05, 3.63) is 0 Å². The van der Waals surface area contributed by atoms with E-state index >= 15 is 0 Å². The predicted molar refractivity (Wildman–Crippen MR) is 80.9 cm³/mol. The van der Waals surface area contributed by atoms with Crippen LogP contribution in [0.5, 0.6) is 0 Å². The monoisotopic (exact) mass is 324 g/mol. The molecule has 0 saturated carbocycles. The molecule has 0 spiro atoms. The molecule has 3 atom stereocenters. The fourth-order valence-corrected chi connectivity index (χ4v) is 1.04. The summed E-state index contributed by atoms with van der Waals surface area (Å²) in [4.78, 5) is 0. The van der Waals surface area contributed by atoms with Gasteiger partial charge in [-0.1, -0.05) is 0 Å². The second kappa shape index (κ2) is 9.46. The van der Waals surface area contributed by atoms with Crippen LogP contribution in [0.1, 0.15) is 0 Å². The molecule has 20 heavy (non-hydrogen) atoms. The Morgan fingerprint density at radius 3 is 2.15 bits per heavy atom. The first-order chi connectivity index (χ1) is 9.29. The average molecular weight is 324 g/mol. The van der Waals surface area contributed by atoms with Crippen molar-refractivity contribution < 1.29 is 20.4 Å². The van der Waals surface area contributed by atoms with Gasteiger partial charge in [0, 0.05) is 0 Å². The molecule has 0 radical (unpaired) electrons. The van der Waals surface area contributed by atoms with E-state index in [0.717, 1.165) is 6.21 Å². The first kappa shape index (κ1) is 18.6. The molecule has 0 saturated heterocycles. The lowest BCUT2D eigenvalue weighted by atomic mass is 10.0. The molecule has 0 unspecified atom stereocenters. The summed E-state index contributed by atoms with van der Waals surface area (Å²) in [5, 5.41) is 44.1. The quantitative estimate of drug-likeness (QED) is 0.131. The van der Waals surface area contributed by atoms with Gasteiger partial charge in [-0.15, -0.1) is 0 Å². The molecule has 10 nitrogen and oxygen atoms in total. The van der Waals surface area contributed by atoms with Crippen LogP contribution in [0.25, 0.3) is 0 Å². The predicted octanol–water partition coefficient (Wildman–Crippen LogP) is -3.93. The van der Waals surface area contributed by atoms with Crippen molar-refractivity contribution in [2.45, 2.75) is 18.3 Å². The lowest BCUT2D eigenvalue weighted by Gasteiger charge is -2.21. The SMILES string of the molecule is NC(=S)N/N=C\C(=N/NC(N)=S)[C@@H](O)[C@@H](O)[C@@H](O)CO. The van der Waals surface area contributed by atoms with Crippen LogP contribution in [0.2, 0.25) is 0 Å². The van der Waals surface area contributed by atoms with Gasteiger partial charge in [0.1, 0.15) is 24.0 Å². The van der Waals surface area contributed by atoms with E-state index < -0.39 is 24.9 Å². The Morgan fingerprint density at radius 2 is 1.70 bits per heavy atom. The molecule has 0 amide bonds. The van der Waals surface area contributed by atoms with E-state index in [2.05, 4.69) is 45.5 Å². The van der Waals surface area contributed by atoms with Gasteiger partial charge >= 0.3 is 0 Å². The summed E-state index contributed by atoms with van der Waals surface area (Å²) < 4.78 is 0. The Balaban J connectivity index is 5.00. The van der Waals surface area contributed by atoms with E-state index in [1.807, 2.05) is 0 Å². The second-order valence-electron chi connectivity index (χ2n) is 3.43. The number of aliphatic hydroxyl groups is 4. The highest BCUT2D eigenvalue weighted by Crippen LogP contribution is 2.01. The summed E-state index contributed by atoms with van der Waals surface area (Å²) in [7, 11) is 0. The maximum Gasteiger partial charge on any atom is 0.184 e. The molecule has 114 valence electrons. The number of hydrogen-bond acceptors (Lipinski definition) is 8. The summed E-state index contributed by atoms with van der Waals surface area (Å²) in [6, 6.07) is 0. The minimum Gasteiger partial charge on any atom is -0.394 e. The van der Waals surface area contributed by atoms with E-state index in [1.54, 1.807) is 0 Å². The molecule has 0 aromatic carbocycles. The number of rotatable bonds is 7. The normalized spacial score (nSPS) is 16.5. The number of thiocarbonyl (C=S) groups is 2. The summed E-state index contributed by atoms with van der Waals surface area (Å²) in [6.45, 7) is -0.753. The van der Waals surface area contributed by atoms with Gasteiger partial charge in [0.05, 0.1) is 12.8 Å². The zero-order chi connectivity index (χ0) is 15.7. The third-order valence-corrected chi connectivity index (χ3v) is 2.06. The minimum atomic E-state index is -1.71. The maximum atomic E-state index is 9.80. The lowest BCUT2D eigenvalue weighted by molar-refractivity contribution is -0.0549. The second-order valence-corrected chi connectivity index (χ2v) is 4.31. The standard InChI is InChI=1S/C8H16N6O4S2/c9-7(19)13-11-1-3(12-14-8(10)20)5(17)6(18)4(16)2-15/h1,4-6,15-18H,2H2,(H3,9,13,19)(H3,10,14,20)/b11-1-,12-3+/t4-,5+,6-/m0/s1. The Kier molecular flexibility index (Phi) is 8.78. The fourth-order valence-electron chi connectivity index (χ4n) is 0.946. The summed E-state index contributed by atoms with van der Waals surface area (Å²) in [5.74, 6) is 0. The highest BCUT2D eigenvalue weighted by molar-refractivity contribution is 7.80. The van der Waals surface area contributed by atoms with E-state index in [9.17, 15) is 15.3 Å². The van der Waals surface area contributed by atoms with Gasteiger partial charge in [0.25, 0.3) is 0 Å². The van der Waals surface area contributed by atoms with E-state index in [4.69, 9.17) is 16.6 Å². The molecule has 0 aliphatic carbocycles. The van der Waals surface area contributed by atoms with Gasteiger partial charge in [-0.2, -0.15) is 10.2 Å². The van der Waals surface area contributed by atoms with Crippen molar-refractivity contribution in [1.29, 1.82) is 0 Å². The molecule has 0 aromatic rings. The molecule has 10 N–H and O–H groups in total. The number of hydrazone groups is 2. The number of hydrogen-bond donors (Lipinski definition) is 8. The van der Waals surface area contributed by atoms with Crippen LogP contribution < -0.4 is 22.3 Å². The number of nitrogens with zero attached hydrogens (tertiary/aromatic N) is 2. The first-order valence-electron chi connectivity index (χ1n) is 5.16. The maximum absolute atomic E-state index is 9.80. The van der Waals surface area contributed by atoms with Crippen molar-refractivity contribution in [3.8, 4) is 0 Å². The van der Waals surface area contributed by atoms with Gasteiger partial charge in [-0.3, -0.25) is 10.9 Å². The molecule has 0 bridgehead atoms. The third kappa shape index (κ3) is 7.22. The molecule has 0 fully saturated rings. The molecular weight excluding hydrogens is 308 g/mol. The van der Waals surface area contributed by atoms with Gasteiger partial charge < -0.3 is 31.9 Å². The minimum absolute atomic E-state index is 0.131.